The van der Waals surface area contributed by atoms with Gasteiger partial charge in [-0.2, -0.15) is 0 Å². The fraction of sp³-hybridized carbons (Fsp3) is 0.217. The Morgan fingerprint density at radius 2 is 1.90 bits per heavy atom. The van der Waals surface area contributed by atoms with Crippen molar-refractivity contribution in [1.82, 2.24) is 15.0 Å². The van der Waals surface area contributed by atoms with Gasteiger partial charge in [-0.15, -0.1) is 0 Å². The number of nitrogens with one attached hydrogen (secondary N) is 1. The Morgan fingerprint density at radius 3 is 2.67 bits per heavy atom. The minimum absolute atomic E-state index is 0.264. The number of pyridine rings is 1. The van der Waals surface area contributed by atoms with E-state index in [-0.39, 0.29) is 5.75 Å². The molecule has 0 aliphatic rings. The Kier molecular flexibility index (Phi) is 5.81. The predicted molar refractivity (Wildman–Crippen MR) is 117 cm³/mol. The predicted octanol–water partition coefficient (Wildman–Crippen LogP) is 4.47. The van der Waals surface area contributed by atoms with Crippen molar-refractivity contribution in [1.29, 1.82) is 0 Å². The molecule has 2 heterocycles. The number of fused-ring (bicyclic) bond motifs is 1. The molecule has 30 heavy (non-hydrogen) atoms. The van der Waals surface area contributed by atoms with Crippen molar-refractivity contribution in [3.05, 3.63) is 77.1 Å². The van der Waals surface area contributed by atoms with Crippen LogP contribution < -0.4 is 9.47 Å². The summed E-state index contributed by atoms with van der Waals surface area (Å²) >= 11 is 0. The van der Waals surface area contributed by atoms with Crippen LogP contribution in [0.5, 0.6) is 11.5 Å². The highest BCUT2D eigenvalue weighted by atomic mass is 32.2. The van der Waals surface area contributed by atoms with E-state index in [1.54, 1.807) is 13.3 Å². The van der Waals surface area contributed by atoms with Crippen LogP contribution in [0.15, 0.2) is 59.9 Å². The fourth-order valence-electron chi connectivity index (χ4n) is 3.31. The van der Waals surface area contributed by atoms with Crippen LogP contribution in [-0.4, -0.2) is 26.3 Å². The first-order valence-corrected chi connectivity index (χ1v) is 10.9. The highest BCUT2D eigenvalue weighted by Crippen LogP contribution is 2.26. The lowest BCUT2D eigenvalue weighted by Gasteiger charge is -2.11. The number of aromatic nitrogens is 3. The number of aryl methyl sites for hydroxylation is 1. The molecule has 0 spiro atoms. The van der Waals surface area contributed by atoms with Crippen LogP contribution in [0, 0.1) is 13.8 Å². The molecule has 0 amide bonds. The Labute approximate surface area is 177 Å². The summed E-state index contributed by atoms with van der Waals surface area (Å²) in [7, 11) is 0.272. The van der Waals surface area contributed by atoms with Crippen LogP contribution in [0.4, 0.5) is 0 Å². The van der Waals surface area contributed by atoms with Crippen molar-refractivity contribution >= 4 is 21.8 Å². The number of hydrogen-bond donors (Lipinski definition) is 1. The lowest BCUT2D eigenvalue weighted by Crippen LogP contribution is -2.05. The zero-order valence-electron chi connectivity index (χ0n) is 17.1. The molecule has 1 atom stereocenters. The molecule has 2 aromatic heterocycles. The van der Waals surface area contributed by atoms with E-state index >= 15 is 0 Å². The second-order valence-corrected chi connectivity index (χ2v) is 8.40. The van der Waals surface area contributed by atoms with Crippen molar-refractivity contribution in [3.8, 4) is 11.5 Å². The number of imidazole rings is 1. The third kappa shape index (κ3) is 4.21. The van der Waals surface area contributed by atoms with E-state index in [1.165, 1.54) is 0 Å². The Hall–Kier alpha value is -3.19. The van der Waals surface area contributed by atoms with E-state index in [9.17, 15) is 4.21 Å². The van der Waals surface area contributed by atoms with Gasteiger partial charge in [0.05, 0.1) is 40.4 Å². The first kappa shape index (κ1) is 20.1. The van der Waals surface area contributed by atoms with Gasteiger partial charge in [-0.25, -0.2) is 4.98 Å². The molecule has 0 radical (unpaired) electrons. The second-order valence-electron chi connectivity index (χ2n) is 7.03. The lowest BCUT2D eigenvalue weighted by molar-refractivity contribution is 0.306. The molecule has 6 nitrogen and oxygen atoms in total. The number of nitrogens with zero attached hydrogens (tertiary/aromatic N) is 2. The van der Waals surface area contributed by atoms with Crippen LogP contribution >= 0.6 is 0 Å². The molecule has 0 fully saturated rings. The van der Waals surface area contributed by atoms with Crippen molar-refractivity contribution in [2.45, 2.75) is 31.4 Å². The number of benzene rings is 2. The third-order valence-electron chi connectivity index (χ3n) is 4.91. The summed E-state index contributed by atoms with van der Waals surface area (Å²) in [5.74, 6) is 1.77. The maximum absolute atomic E-state index is 12.9. The monoisotopic (exact) mass is 421 g/mol. The van der Waals surface area contributed by atoms with Crippen molar-refractivity contribution in [3.63, 3.8) is 0 Å². The standard InChI is InChI=1S/C23H23N3O3S/c1-15-12-24-21(16(2)22(15)28-3)14-30(27)23-25-19-10-9-18(11-20(19)26-23)29-13-17-7-5-4-6-8-17/h4-12H,13-14H2,1-3H3,(H,25,26)/t30-/m1/s1. The largest absolute Gasteiger partial charge is 0.496 e. The molecule has 4 rings (SSSR count). The Balaban J connectivity index is 1.51. The Morgan fingerprint density at radius 1 is 1.10 bits per heavy atom. The molecule has 0 aliphatic heterocycles. The maximum atomic E-state index is 12.9. The molecule has 0 saturated carbocycles. The van der Waals surface area contributed by atoms with Gasteiger partial charge in [0.25, 0.3) is 0 Å². The summed E-state index contributed by atoms with van der Waals surface area (Å²) in [6.07, 6.45) is 1.74. The van der Waals surface area contributed by atoms with E-state index in [2.05, 4.69) is 15.0 Å². The average Bonchev–Trinajstić information content (AvgIpc) is 3.19. The Bertz CT molecular complexity index is 1210. The highest BCUT2D eigenvalue weighted by Gasteiger charge is 2.16. The first-order chi connectivity index (χ1) is 14.5. The van der Waals surface area contributed by atoms with E-state index in [0.717, 1.165) is 44.9 Å². The zero-order chi connectivity index (χ0) is 21.1. The third-order valence-corrected chi connectivity index (χ3v) is 6.07. The van der Waals surface area contributed by atoms with Gasteiger partial charge in [-0.3, -0.25) is 9.19 Å². The number of aromatic amines is 1. The summed E-state index contributed by atoms with van der Waals surface area (Å²) in [5.41, 5.74) is 5.23. The van der Waals surface area contributed by atoms with E-state index < -0.39 is 10.8 Å². The van der Waals surface area contributed by atoms with Crippen LogP contribution in [0.25, 0.3) is 11.0 Å². The molecular weight excluding hydrogens is 398 g/mol. The molecule has 7 heteroatoms. The minimum Gasteiger partial charge on any atom is -0.496 e. The van der Waals surface area contributed by atoms with Crippen molar-refractivity contribution in [2.24, 2.45) is 0 Å². The van der Waals surface area contributed by atoms with Gasteiger partial charge in [0.15, 0.2) is 5.16 Å². The molecule has 154 valence electrons. The first-order valence-electron chi connectivity index (χ1n) is 9.59. The van der Waals surface area contributed by atoms with Crippen LogP contribution in [-0.2, 0) is 23.2 Å². The molecule has 4 aromatic rings. The molecule has 0 bridgehead atoms. The van der Waals surface area contributed by atoms with Gasteiger partial charge in [0.2, 0.25) is 0 Å². The van der Waals surface area contributed by atoms with Gasteiger partial charge in [0, 0.05) is 23.4 Å². The van der Waals surface area contributed by atoms with Crippen molar-refractivity contribution < 1.29 is 13.7 Å². The number of H-pyrrole nitrogens is 1. The minimum atomic E-state index is -1.36. The summed E-state index contributed by atoms with van der Waals surface area (Å²) in [6, 6.07) is 15.6. The normalized spacial score (nSPS) is 12.1. The van der Waals surface area contributed by atoms with Gasteiger partial charge < -0.3 is 14.5 Å². The topological polar surface area (TPSA) is 77.1 Å². The SMILES string of the molecule is COc1c(C)cnc(C[S@@](=O)c2nc3ccc(OCc4ccccc4)cc3[nH]2)c1C. The summed E-state index contributed by atoms with van der Waals surface area (Å²) in [6.45, 7) is 4.36. The van der Waals surface area contributed by atoms with Gasteiger partial charge in [-0.1, -0.05) is 30.3 Å². The summed E-state index contributed by atoms with van der Waals surface area (Å²) in [5, 5.41) is 0.422. The second kappa shape index (κ2) is 8.67. The van der Waals surface area contributed by atoms with Crippen LogP contribution in [0.3, 0.4) is 0 Å². The van der Waals surface area contributed by atoms with Gasteiger partial charge >= 0.3 is 0 Å². The number of hydrogen-bond acceptors (Lipinski definition) is 5. The van der Waals surface area contributed by atoms with Gasteiger partial charge in [-0.05, 0) is 31.5 Å². The molecule has 0 saturated heterocycles. The lowest BCUT2D eigenvalue weighted by atomic mass is 10.1. The summed E-state index contributed by atoms with van der Waals surface area (Å²) in [4.78, 5) is 12.1. The van der Waals surface area contributed by atoms with Gasteiger partial charge in [0.1, 0.15) is 18.1 Å². The van der Waals surface area contributed by atoms with Crippen LogP contribution in [0.2, 0.25) is 0 Å². The summed E-state index contributed by atoms with van der Waals surface area (Å²) < 4.78 is 24.2. The molecule has 0 aliphatic carbocycles. The highest BCUT2D eigenvalue weighted by molar-refractivity contribution is 7.84. The molecule has 2 aromatic carbocycles. The molecule has 0 unspecified atom stereocenters. The maximum Gasteiger partial charge on any atom is 0.197 e. The van der Waals surface area contributed by atoms with E-state index in [0.29, 0.717) is 11.8 Å². The molecular formula is C23H23N3O3S. The smallest absolute Gasteiger partial charge is 0.197 e. The molecule has 1 N–H and O–H groups in total. The number of methoxy groups -OCH3 is 1. The zero-order valence-corrected chi connectivity index (χ0v) is 18.0. The quantitative estimate of drug-likeness (QED) is 0.476. The number of rotatable bonds is 7. The van der Waals surface area contributed by atoms with Crippen molar-refractivity contribution in [2.75, 3.05) is 7.11 Å². The van der Waals surface area contributed by atoms with E-state index in [4.69, 9.17) is 9.47 Å². The fourth-order valence-corrected chi connectivity index (χ4v) is 4.41. The number of ether oxygens (including phenoxy) is 2. The van der Waals surface area contributed by atoms with Crippen LogP contribution in [0.1, 0.15) is 22.4 Å². The van der Waals surface area contributed by atoms with E-state index in [1.807, 2.05) is 62.4 Å². The average molecular weight is 422 g/mol.